The molecule has 3 rings (SSSR count). The normalized spacial score (nSPS) is 17.3. The van der Waals surface area contributed by atoms with Crippen LogP contribution in [0.1, 0.15) is 18.4 Å². The van der Waals surface area contributed by atoms with Crippen LogP contribution in [0.2, 0.25) is 5.02 Å². The van der Waals surface area contributed by atoms with Crippen molar-refractivity contribution in [2.45, 2.75) is 25.3 Å². The lowest BCUT2D eigenvalue weighted by Crippen LogP contribution is -2.37. The van der Waals surface area contributed by atoms with Gasteiger partial charge in [-0.2, -0.15) is 5.10 Å². The second-order valence-electron chi connectivity index (χ2n) is 5.98. The van der Waals surface area contributed by atoms with Gasteiger partial charge in [-0.3, -0.25) is 14.3 Å². The Morgan fingerprint density at radius 1 is 1.46 bits per heavy atom. The summed E-state index contributed by atoms with van der Waals surface area (Å²) < 4.78 is 1.71. The van der Waals surface area contributed by atoms with Crippen LogP contribution >= 0.6 is 11.6 Å². The summed E-state index contributed by atoms with van der Waals surface area (Å²) >= 11 is 5.98. The third-order valence-corrected chi connectivity index (χ3v) is 4.24. The van der Waals surface area contributed by atoms with Crippen molar-refractivity contribution in [1.82, 2.24) is 15.1 Å². The minimum absolute atomic E-state index is 0.00479. The Labute approximate surface area is 145 Å². The predicted octanol–water partition coefficient (Wildman–Crippen LogP) is 1.93. The van der Waals surface area contributed by atoms with Crippen LogP contribution in [-0.2, 0) is 23.1 Å². The van der Waals surface area contributed by atoms with Crippen molar-refractivity contribution in [3.63, 3.8) is 0 Å². The van der Waals surface area contributed by atoms with Crippen LogP contribution in [0, 0.1) is 0 Å². The van der Waals surface area contributed by atoms with Crippen molar-refractivity contribution in [3.05, 3.63) is 47.2 Å². The van der Waals surface area contributed by atoms with E-state index in [2.05, 4.69) is 10.4 Å². The summed E-state index contributed by atoms with van der Waals surface area (Å²) in [6.07, 6.45) is 4.98. The first-order chi connectivity index (χ1) is 11.5. The molecule has 2 amide bonds. The number of halogens is 1. The number of carbonyl (C=O) groups excluding carboxylic acids is 2. The van der Waals surface area contributed by atoms with E-state index in [0.717, 1.165) is 11.3 Å². The van der Waals surface area contributed by atoms with Crippen molar-refractivity contribution < 1.29 is 9.59 Å². The highest BCUT2D eigenvalue weighted by Crippen LogP contribution is 2.24. The summed E-state index contributed by atoms with van der Waals surface area (Å²) in [4.78, 5) is 25.9. The number of carbonyl (C=O) groups is 2. The van der Waals surface area contributed by atoms with E-state index in [1.165, 1.54) is 0 Å². The summed E-state index contributed by atoms with van der Waals surface area (Å²) in [5.74, 6) is -0.0561. The van der Waals surface area contributed by atoms with Gasteiger partial charge in [0, 0.05) is 43.3 Å². The molecule has 24 heavy (non-hydrogen) atoms. The van der Waals surface area contributed by atoms with Gasteiger partial charge in [0.05, 0.1) is 12.2 Å². The molecular formula is C17H19ClN4O2. The number of aryl methyl sites for hydroxylation is 2. The van der Waals surface area contributed by atoms with Gasteiger partial charge in [-0.25, -0.2) is 0 Å². The van der Waals surface area contributed by atoms with Gasteiger partial charge >= 0.3 is 0 Å². The van der Waals surface area contributed by atoms with Gasteiger partial charge in [0.2, 0.25) is 11.8 Å². The van der Waals surface area contributed by atoms with Crippen LogP contribution in [0.15, 0.2) is 36.7 Å². The van der Waals surface area contributed by atoms with E-state index in [-0.39, 0.29) is 17.9 Å². The molecule has 0 unspecified atom stereocenters. The van der Waals surface area contributed by atoms with Crippen molar-refractivity contribution in [1.29, 1.82) is 0 Å². The number of nitrogens with zero attached hydrogens (tertiary/aromatic N) is 3. The summed E-state index contributed by atoms with van der Waals surface area (Å²) in [5, 5.41) is 7.61. The van der Waals surface area contributed by atoms with Crippen molar-refractivity contribution in [2.75, 3.05) is 11.4 Å². The van der Waals surface area contributed by atoms with Gasteiger partial charge in [0.25, 0.3) is 0 Å². The molecule has 1 aliphatic rings. The van der Waals surface area contributed by atoms with Crippen molar-refractivity contribution >= 4 is 29.1 Å². The number of benzene rings is 1. The van der Waals surface area contributed by atoms with E-state index in [9.17, 15) is 9.59 Å². The molecule has 0 spiro atoms. The molecule has 1 aromatic carbocycles. The Morgan fingerprint density at radius 2 is 2.29 bits per heavy atom. The Balaban J connectivity index is 1.53. The Morgan fingerprint density at radius 3 is 3.00 bits per heavy atom. The molecule has 1 aromatic heterocycles. The van der Waals surface area contributed by atoms with E-state index in [4.69, 9.17) is 11.6 Å². The number of hydrogen-bond acceptors (Lipinski definition) is 3. The number of nitrogens with one attached hydrogen (secondary N) is 1. The van der Waals surface area contributed by atoms with E-state index in [1.54, 1.807) is 27.9 Å². The van der Waals surface area contributed by atoms with Gasteiger partial charge in [-0.1, -0.05) is 17.7 Å². The SMILES string of the molecule is Cn1cc(CCC(=O)N[C@H]2CC(=O)N(c3cccc(Cl)c3)C2)cn1. The van der Waals surface area contributed by atoms with Crippen LogP contribution in [0.5, 0.6) is 0 Å². The average molecular weight is 347 g/mol. The molecule has 2 heterocycles. The fourth-order valence-corrected chi connectivity index (χ4v) is 3.04. The van der Waals surface area contributed by atoms with E-state index in [0.29, 0.717) is 30.8 Å². The lowest BCUT2D eigenvalue weighted by Gasteiger charge is -2.17. The van der Waals surface area contributed by atoms with Gasteiger partial charge in [-0.15, -0.1) is 0 Å². The molecule has 2 aromatic rings. The van der Waals surface area contributed by atoms with Gasteiger partial charge in [0.15, 0.2) is 0 Å². The first kappa shape index (κ1) is 16.5. The largest absolute Gasteiger partial charge is 0.351 e. The van der Waals surface area contributed by atoms with E-state index < -0.39 is 0 Å². The predicted molar refractivity (Wildman–Crippen MR) is 91.9 cm³/mol. The highest BCUT2D eigenvalue weighted by molar-refractivity contribution is 6.30. The van der Waals surface area contributed by atoms with Crippen LogP contribution in [0.25, 0.3) is 0 Å². The van der Waals surface area contributed by atoms with Crippen molar-refractivity contribution in [2.24, 2.45) is 7.05 Å². The number of rotatable bonds is 5. The Kier molecular flexibility index (Phi) is 4.85. The number of hydrogen-bond donors (Lipinski definition) is 1. The number of aromatic nitrogens is 2. The first-order valence-electron chi connectivity index (χ1n) is 7.84. The Bertz CT molecular complexity index is 759. The molecule has 7 heteroatoms. The third-order valence-electron chi connectivity index (χ3n) is 4.01. The van der Waals surface area contributed by atoms with Crippen molar-refractivity contribution in [3.8, 4) is 0 Å². The number of anilines is 1. The summed E-state index contributed by atoms with van der Waals surface area (Å²) in [6.45, 7) is 0.470. The molecule has 6 nitrogen and oxygen atoms in total. The fourth-order valence-electron chi connectivity index (χ4n) is 2.86. The maximum Gasteiger partial charge on any atom is 0.229 e. The molecule has 0 aliphatic carbocycles. The molecule has 0 bridgehead atoms. The zero-order valence-corrected chi connectivity index (χ0v) is 14.2. The smallest absolute Gasteiger partial charge is 0.229 e. The molecular weight excluding hydrogens is 328 g/mol. The molecule has 1 atom stereocenters. The van der Waals surface area contributed by atoms with E-state index in [1.807, 2.05) is 25.4 Å². The van der Waals surface area contributed by atoms with Crippen LogP contribution < -0.4 is 10.2 Å². The number of amides is 2. The molecule has 126 valence electrons. The van der Waals surface area contributed by atoms with E-state index >= 15 is 0 Å². The second-order valence-corrected chi connectivity index (χ2v) is 6.41. The molecule has 1 N–H and O–H groups in total. The maximum absolute atomic E-state index is 12.2. The van der Waals surface area contributed by atoms with Crippen LogP contribution in [0.3, 0.4) is 0 Å². The molecule has 1 saturated heterocycles. The quantitative estimate of drug-likeness (QED) is 0.899. The van der Waals surface area contributed by atoms with Crippen LogP contribution in [0.4, 0.5) is 5.69 Å². The molecule has 0 saturated carbocycles. The van der Waals surface area contributed by atoms with Gasteiger partial charge in [0.1, 0.15) is 0 Å². The molecule has 1 aliphatic heterocycles. The first-order valence-corrected chi connectivity index (χ1v) is 8.22. The highest BCUT2D eigenvalue weighted by Gasteiger charge is 2.31. The molecule has 0 radical (unpaired) electrons. The average Bonchev–Trinajstić information content (AvgIpc) is 3.11. The zero-order chi connectivity index (χ0) is 17.1. The molecule has 1 fully saturated rings. The van der Waals surface area contributed by atoms with Gasteiger partial charge < -0.3 is 10.2 Å². The Hall–Kier alpha value is -2.34. The second kappa shape index (κ2) is 7.05. The standard InChI is InChI=1S/C17H19ClN4O2/c1-21-10-12(9-19-21)5-6-16(23)20-14-8-17(24)22(11-14)15-4-2-3-13(18)7-15/h2-4,7,9-10,14H,5-6,8,11H2,1H3,(H,20,23)/t14-/m0/s1. The summed E-state index contributed by atoms with van der Waals surface area (Å²) in [7, 11) is 1.85. The lowest BCUT2D eigenvalue weighted by molar-refractivity contribution is -0.121. The maximum atomic E-state index is 12.2. The minimum atomic E-state index is -0.169. The monoisotopic (exact) mass is 346 g/mol. The fraction of sp³-hybridized carbons (Fsp3) is 0.353. The minimum Gasteiger partial charge on any atom is -0.351 e. The highest BCUT2D eigenvalue weighted by atomic mass is 35.5. The summed E-state index contributed by atoms with van der Waals surface area (Å²) in [6, 6.07) is 7.01. The lowest BCUT2D eigenvalue weighted by atomic mass is 10.2. The summed E-state index contributed by atoms with van der Waals surface area (Å²) in [5.41, 5.74) is 1.79. The topological polar surface area (TPSA) is 67.2 Å². The third kappa shape index (κ3) is 3.94. The van der Waals surface area contributed by atoms with Crippen LogP contribution in [-0.4, -0.2) is 34.2 Å². The zero-order valence-electron chi connectivity index (χ0n) is 13.4. The van der Waals surface area contributed by atoms with Gasteiger partial charge in [-0.05, 0) is 30.2 Å².